The van der Waals surface area contributed by atoms with Crippen molar-refractivity contribution >= 4 is 45.1 Å². The summed E-state index contributed by atoms with van der Waals surface area (Å²) in [4.78, 5) is 16.7. The molecule has 0 spiro atoms. The molecule has 0 aromatic carbocycles. The lowest BCUT2D eigenvalue weighted by molar-refractivity contribution is -0.116. The quantitative estimate of drug-likeness (QED) is 0.599. The van der Waals surface area contributed by atoms with Crippen molar-refractivity contribution in [2.75, 3.05) is 18.4 Å². The standard InChI is InChI=1S/C15H13BrN4OS/c16-13-5-3-12(22-13)4-6-14(21)18-8-9-20-15-11(10-17)2-1-7-19-15/h1-7H,8-9H2,(H,18,21)(H,19,20)/b6-4+. The highest BCUT2D eigenvalue weighted by atomic mass is 79.9. The van der Waals surface area contributed by atoms with Gasteiger partial charge in [0.15, 0.2) is 0 Å². The molecule has 1 amide bonds. The number of carbonyl (C=O) groups is 1. The fourth-order valence-corrected chi connectivity index (χ4v) is 2.96. The molecule has 0 saturated heterocycles. The molecule has 0 saturated carbocycles. The second kappa shape index (κ2) is 8.32. The number of pyridine rings is 1. The fourth-order valence-electron chi connectivity index (χ4n) is 1.64. The monoisotopic (exact) mass is 376 g/mol. The zero-order valence-electron chi connectivity index (χ0n) is 11.5. The minimum absolute atomic E-state index is 0.159. The maximum absolute atomic E-state index is 11.7. The molecule has 2 heterocycles. The molecule has 0 atom stereocenters. The molecule has 2 aromatic rings. The maximum Gasteiger partial charge on any atom is 0.244 e. The van der Waals surface area contributed by atoms with Gasteiger partial charge in [0.1, 0.15) is 11.9 Å². The molecule has 2 aromatic heterocycles. The summed E-state index contributed by atoms with van der Waals surface area (Å²) in [5.74, 6) is 0.367. The van der Waals surface area contributed by atoms with Gasteiger partial charge in [-0.05, 0) is 46.3 Å². The van der Waals surface area contributed by atoms with E-state index in [2.05, 4.69) is 37.6 Å². The predicted octanol–water partition coefficient (Wildman–Crippen LogP) is 3.02. The van der Waals surface area contributed by atoms with Gasteiger partial charge in [-0.15, -0.1) is 11.3 Å². The fraction of sp³-hybridized carbons (Fsp3) is 0.133. The molecule has 2 N–H and O–H groups in total. The number of anilines is 1. The van der Waals surface area contributed by atoms with Crippen molar-refractivity contribution in [1.82, 2.24) is 10.3 Å². The number of halogens is 1. The molecule has 0 bridgehead atoms. The van der Waals surface area contributed by atoms with Gasteiger partial charge in [-0.3, -0.25) is 4.79 Å². The van der Waals surface area contributed by atoms with Crippen molar-refractivity contribution in [3.8, 4) is 6.07 Å². The lowest BCUT2D eigenvalue weighted by atomic mass is 10.3. The summed E-state index contributed by atoms with van der Waals surface area (Å²) in [6.07, 6.45) is 4.88. The van der Waals surface area contributed by atoms with Crippen molar-refractivity contribution in [1.29, 1.82) is 5.26 Å². The summed E-state index contributed by atoms with van der Waals surface area (Å²) in [6, 6.07) is 9.33. The zero-order valence-corrected chi connectivity index (χ0v) is 13.9. The Hall–Kier alpha value is -2.17. The third kappa shape index (κ3) is 4.98. The van der Waals surface area contributed by atoms with Crippen molar-refractivity contribution in [3.63, 3.8) is 0 Å². The van der Waals surface area contributed by atoms with Gasteiger partial charge in [0.2, 0.25) is 5.91 Å². The topological polar surface area (TPSA) is 77.8 Å². The Labute approximate surface area is 140 Å². The second-order valence-electron chi connectivity index (χ2n) is 4.20. The minimum atomic E-state index is -0.159. The van der Waals surface area contributed by atoms with E-state index in [0.717, 1.165) is 8.66 Å². The molecule has 0 radical (unpaired) electrons. The molecule has 0 aliphatic carbocycles. The van der Waals surface area contributed by atoms with Crippen LogP contribution in [0.1, 0.15) is 10.4 Å². The third-order valence-electron chi connectivity index (χ3n) is 2.64. The number of hydrogen-bond donors (Lipinski definition) is 2. The summed E-state index contributed by atoms with van der Waals surface area (Å²) in [6.45, 7) is 0.939. The number of nitriles is 1. The van der Waals surface area contributed by atoms with E-state index in [9.17, 15) is 4.79 Å². The van der Waals surface area contributed by atoms with Crippen molar-refractivity contribution in [2.24, 2.45) is 0 Å². The van der Waals surface area contributed by atoms with Crippen LogP contribution in [-0.2, 0) is 4.79 Å². The number of hydrogen-bond acceptors (Lipinski definition) is 5. The largest absolute Gasteiger partial charge is 0.367 e. The summed E-state index contributed by atoms with van der Waals surface area (Å²) < 4.78 is 1.03. The van der Waals surface area contributed by atoms with Crippen molar-refractivity contribution in [3.05, 3.63) is 50.8 Å². The Kier molecular flexibility index (Phi) is 6.13. The van der Waals surface area contributed by atoms with Crippen molar-refractivity contribution < 1.29 is 4.79 Å². The first-order valence-corrected chi connectivity index (χ1v) is 8.10. The number of carbonyl (C=O) groups excluding carboxylic acids is 1. The smallest absolute Gasteiger partial charge is 0.244 e. The first kappa shape index (κ1) is 16.2. The highest BCUT2D eigenvalue weighted by Gasteiger charge is 2.01. The molecular weight excluding hydrogens is 364 g/mol. The number of aromatic nitrogens is 1. The lowest BCUT2D eigenvalue weighted by Crippen LogP contribution is -2.27. The molecular formula is C15H13BrN4OS. The molecule has 0 aliphatic rings. The Morgan fingerprint density at radius 2 is 2.27 bits per heavy atom. The Morgan fingerprint density at radius 1 is 1.41 bits per heavy atom. The summed E-state index contributed by atoms with van der Waals surface area (Å²) in [5, 5.41) is 14.7. The Morgan fingerprint density at radius 3 is 3.00 bits per heavy atom. The van der Waals surface area contributed by atoms with Crippen LogP contribution in [0.2, 0.25) is 0 Å². The van der Waals surface area contributed by atoms with Crippen LogP contribution >= 0.6 is 27.3 Å². The summed E-state index contributed by atoms with van der Waals surface area (Å²) >= 11 is 4.93. The third-order valence-corrected chi connectivity index (χ3v) is 4.23. The number of rotatable bonds is 6. The van der Waals surface area contributed by atoms with Gasteiger partial charge in [0, 0.05) is 30.2 Å². The molecule has 7 heteroatoms. The highest BCUT2D eigenvalue weighted by molar-refractivity contribution is 9.11. The first-order chi connectivity index (χ1) is 10.7. The summed E-state index contributed by atoms with van der Waals surface area (Å²) in [7, 11) is 0. The Bertz CT molecular complexity index is 720. The number of nitrogens with zero attached hydrogens (tertiary/aromatic N) is 2. The van der Waals surface area contributed by atoms with Crippen LogP contribution in [0.4, 0.5) is 5.82 Å². The second-order valence-corrected chi connectivity index (χ2v) is 6.70. The van der Waals surface area contributed by atoms with Gasteiger partial charge in [0.05, 0.1) is 9.35 Å². The van der Waals surface area contributed by atoms with Gasteiger partial charge < -0.3 is 10.6 Å². The van der Waals surface area contributed by atoms with E-state index in [0.29, 0.717) is 24.5 Å². The Balaban J connectivity index is 1.73. The molecule has 112 valence electrons. The van der Waals surface area contributed by atoms with Crippen molar-refractivity contribution in [2.45, 2.75) is 0 Å². The number of nitrogens with one attached hydrogen (secondary N) is 2. The van der Waals surface area contributed by atoms with Crippen LogP contribution in [-0.4, -0.2) is 24.0 Å². The van der Waals surface area contributed by atoms with Crippen LogP contribution in [0, 0.1) is 11.3 Å². The van der Waals surface area contributed by atoms with E-state index in [1.807, 2.05) is 12.1 Å². The number of amides is 1. The van der Waals surface area contributed by atoms with Crippen LogP contribution in [0.25, 0.3) is 6.08 Å². The van der Waals surface area contributed by atoms with Gasteiger partial charge in [-0.1, -0.05) is 0 Å². The van der Waals surface area contributed by atoms with E-state index in [4.69, 9.17) is 5.26 Å². The summed E-state index contributed by atoms with van der Waals surface area (Å²) in [5.41, 5.74) is 0.483. The van der Waals surface area contributed by atoms with Crippen LogP contribution in [0.5, 0.6) is 0 Å². The van der Waals surface area contributed by atoms with E-state index in [-0.39, 0.29) is 5.91 Å². The zero-order chi connectivity index (χ0) is 15.8. The van der Waals surface area contributed by atoms with Gasteiger partial charge in [-0.25, -0.2) is 4.98 Å². The molecule has 22 heavy (non-hydrogen) atoms. The molecule has 0 aliphatic heterocycles. The molecule has 0 unspecified atom stereocenters. The lowest BCUT2D eigenvalue weighted by Gasteiger charge is -2.06. The van der Waals surface area contributed by atoms with E-state index in [1.165, 1.54) is 6.08 Å². The van der Waals surface area contributed by atoms with Gasteiger partial charge in [-0.2, -0.15) is 5.26 Å². The average molecular weight is 377 g/mol. The van der Waals surface area contributed by atoms with Crippen LogP contribution in [0.15, 0.2) is 40.3 Å². The SMILES string of the molecule is N#Cc1cccnc1NCCNC(=O)/C=C/c1ccc(Br)s1. The van der Waals surface area contributed by atoms with Crippen LogP contribution < -0.4 is 10.6 Å². The maximum atomic E-state index is 11.7. The van der Waals surface area contributed by atoms with E-state index in [1.54, 1.807) is 35.7 Å². The van der Waals surface area contributed by atoms with Gasteiger partial charge >= 0.3 is 0 Å². The first-order valence-electron chi connectivity index (χ1n) is 6.49. The highest BCUT2D eigenvalue weighted by Crippen LogP contribution is 2.22. The predicted molar refractivity (Wildman–Crippen MR) is 91.5 cm³/mol. The minimum Gasteiger partial charge on any atom is -0.367 e. The number of thiophene rings is 1. The normalized spacial score (nSPS) is 10.4. The molecule has 2 rings (SSSR count). The molecule has 5 nitrogen and oxygen atoms in total. The van der Waals surface area contributed by atoms with Gasteiger partial charge in [0.25, 0.3) is 0 Å². The van der Waals surface area contributed by atoms with E-state index >= 15 is 0 Å². The molecule has 0 fully saturated rings. The van der Waals surface area contributed by atoms with Crippen LogP contribution in [0.3, 0.4) is 0 Å². The average Bonchev–Trinajstić information content (AvgIpc) is 2.95. The van der Waals surface area contributed by atoms with E-state index < -0.39 is 0 Å².